The van der Waals surface area contributed by atoms with Gasteiger partial charge in [-0.1, -0.05) is 18.2 Å². The first-order chi connectivity index (χ1) is 7.77. The highest BCUT2D eigenvalue weighted by Gasteiger charge is 2.30. The number of fused-ring (bicyclic) bond motifs is 1. The molecule has 0 unspecified atom stereocenters. The minimum Gasteiger partial charge on any atom is -0.336 e. The van der Waals surface area contributed by atoms with Crippen molar-refractivity contribution < 1.29 is 4.79 Å². The topological polar surface area (TPSA) is 20.3 Å². The zero-order valence-corrected chi connectivity index (χ0v) is 9.96. The predicted molar refractivity (Wildman–Crippen MR) is 66.9 cm³/mol. The van der Waals surface area contributed by atoms with Crippen LogP contribution in [-0.4, -0.2) is 23.4 Å². The summed E-state index contributed by atoms with van der Waals surface area (Å²) in [5.74, 6) is 0.191. The summed E-state index contributed by atoms with van der Waals surface area (Å²) in [4.78, 5) is 14.2. The minimum absolute atomic E-state index is 0.191. The molecule has 0 N–H and O–H groups in total. The van der Waals surface area contributed by atoms with E-state index >= 15 is 0 Å². The monoisotopic (exact) mass is 231 g/mol. The first kappa shape index (κ1) is 9.85. The smallest absolute Gasteiger partial charge is 0.255 e. The average Bonchev–Trinajstić information content (AvgIpc) is 2.70. The summed E-state index contributed by atoms with van der Waals surface area (Å²) < 4.78 is 1.19. The van der Waals surface area contributed by atoms with Crippen LogP contribution in [0.15, 0.2) is 29.6 Å². The Morgan fingerprint density at radius 3 is 2.94 bits per heavy atom. The van der Waals surface area contributed by atoms with Crippen LogP contribution in [0.5, 0.6) is 0 Å². The molecule has 82 valence electrons. The van der Waals surface area contributed by atoms with Gasteiger partial charge in [-0.05, 0) is 19.4 Å². The molecule has 1 amide bonds. The van der Waals surface area contributed by atoms with Gasteiger partial charge in [0, 0.05) is 28.1 Å². The molecule has 2 nitrogen and oxygen atoms in total. The Hall–Kier alpha value is -1.35. The number of carbonyl (C=O) groups excluding carboxylic acids is 1. The van der Waals surface area contributed by atoms with Crippen molar-refractivity contribution in [2.75, 3.05) is 6.54 Å². The number of nitrogens with zero attached hydrogens (tertiary/aromatic N) is 1. The Balaban J connectivity index is 2.02. The fourth-order valence-electron chi connectivity index (χ4n) is 2.12. The number of hydrogen-bond acceptors (Lipinski definition) is 2. The molecule has 0 spiro atoms. The first-order valence-corrected chi connectivity index (χ1v) is 6.42. The van der Waals surface area contributed by atoms with Gasteiger partial charge in [0.25, 0.3) is 5.91 Å². The Labute approximate surface area is 98.5 Å². The van der Waals surface area contributed by atoms with Crippen LogP contribution in [0.4, 0.5) is 0 Å². The highest BCUT2D eigenvalue weighted by Crippen LogP contribution is 2.29. The van der Waals surface area contributed by atoms with Crippen LogP contribution in [0.3, 0.4) is 0 Å². The van der Waals surface area contributed by atoms with E-state index in [-0.39, 0.29) is 5.91 Å². The van der Waals surface area contributed by atoms with Gasteiger partial charge in [0.05, 0.1) is 5.56 Å². The van der Waals surface area contributed by atoms with Crippen LogP contribution in [0.1, 0.15) is 23.7 Å². The van der Waals surface area contributed by atoms with Crippen molar-refractivity contribution in [3.8, 4) is 0 Å². The lowest BCUT2D eigenvalue weighted by molar-refractivity contribution is 0.0505. The van der Waals surface area contributed by atoms with E-state index in [0.717, 1.165) is 23.9 Å². The fourth-order valence-corrected chi connectivity index (χ4v) is 3.05. The van der Waals surface area contributed by atoms with Crippen LogP contribution >= 0.6 is 11.3 Å². The second kappa shape index (κ2) is 3.59. The van der Waals surface area contributed by atoms with Crippen molar-refractivity contribution in [1.29, 1.82) is 0 Å². The van der Waals surface area contributed by atoms with Crippen molar-refractivity contribution in [3.63, 3.8) is 0 Å². The van der Waals surface area contributed by atoms with Gasteiger partial charge >= 0.3 is 0 Å². The van der Waals surface area contributed by atoms with Crippen molar-refractivity contribution in [1.82, 2.24) is 4.90 Å². The van der Waals surface area contributed by atoms with Gasteiger partial charge in [-0.25, -0.2) is 0 Å². The van der Waals surface area contributed by atoms with E-state index < -0.39 is 0 Å². The van der Waals surface area contributed by atoms with E-state index in [1.165, 1.54) is 4.70 Å². The van der Waals surface area contributed by atoms with Gasteiger partial charge in [-0.3, -0.25) is 4.79 Å². The van der Waals surface area contributed by atoms with Crippen molar-refractivity contribution in [3.05, 3.63) is 35.2 Å². The maximum Gasteiger partial charge on any atom is 0.255 e. The maximum absolute atomic E-state index is 12.2. The number of thiophene rings is 1. The summed E-state index contributed by atoms with van der Waals surface area (Å²) in [6.07, 6.45) is 1.13. The summed E-state index contributed by atoms with van der Waals surface area (Å²) in [7, 11) is 0. The van der Waals surface area contributed by atoms with Gasteiger partial charge in [0.2, 0.25) is 0 Å². The lowest BCUT2D eigenvalue weighted by Gasteiger charge is -2.38. The molecule has 1 aromatic heterocycles. The molecule has 2 heterocycles. The molecule has 0 bridgehead atoms. The Bertz CT molecular complexity index is 546. The first-order valence-electron chi connectivity index (χ1n) is 5.54. The van der Waals surface area contributed by atoms with E-state index in [2.05, 4.69) is 13.0 Å². The standard InChI is InChI=1S/C13H13NOS/c1-9-6-7-14(9)13(15)11-8-16-12-5-3-2-4-10(11)12/h2-5,8-9H,6-7H2,1H3/t9-/m1/s1. The van der Waals surface area contributed by atoms with Gasteiger partial charge < -0.3 is 4.90 Å². The third kappa shape index (κ3) is 1.35. The number of rotatable bonds is 1. The largest absolute Gasteiger partial charge is 0.336 e. The molecule has 1 aromatic carbocycles. The van der Waals surface area contributed by atoms with Crippen LogP contribution < -0.4 is 0 Å². The summed E-state index contributed by atoms with van der Waals surface area (Å²) in [6.45, 7) is 3.01. The number of benzene rings is 1. The second-order valence-electron chi connectivity index (χ2n) is 4.28. The van der Waals surface area contributed by atoms with Gasteiger partial charge in [0.1, 0.15) is 0 Å². The molecule has 0 saturated carbocycles. The van der Waals surface area contributed by atoms with E-state index in [1.54, 1.807) is 11.3 Å². The summed E-state index contributed by atoms with van der Waals surface area (Å²) in [5, 5.41) is 3.08. The second-order valence-corrected chi connectivity index (χ2v) is 5.19. The molecule has 2 aromatic rings. The molecule has 3 rings (SSSR count). The molecule has 0 aliphatic carbocycles. The molecule has 1 aliphatic rings. The Morgan fingerprint density at radius 2 is 2.25 bits per heavy atom. The number of amides is 1. The lowest BCUT2D eigenvalue weighted by atomic mass is 10.0. The van der Waals surface area contributed by atoms with Crippen LogP contribution in [0, 0.1) is 0 Å². The van der Waals surface area contributed by atoms with E-state index in [1.807, 2.05) is 28.5 Å². The van der Waals surface area contributed by atoms with Gasteiger partial charge in [0.15, 0.2) is 0 Å². The number of hydrogen-bond donors (Lipinski definition) is 0. The zero-order chi connectivity index (χ0) is 11.1. The predicted octanol–water partition coefficient (Wildman–Crippen LogP) is 3.14. The van der Waals surface area contributed by atoms with E-state index in [9.17, 15) is 4.79 Å². The Kier molecular flexibility index (Phi) is 2.21. The number of carbonyl (C=O) groups is 1. The summed E-state index contributed by atoms with van der Waals surface area (Å²) in [5.41, 5.74) is 0.868. The highest BCUT2D eigenvalue weighted by atomic mass is 32.1. The van der Waals surface area contributed by atoms with Gasteiger partial charge in [-0.15, -0.1) is 11.3 Å². The van der Waals surface area contributed by atoms with E-state index in [4.69, 9.17) is 0 Å². The molecular weight excluding hydrogens is 218 g/mol. The molecular formula is C13H13NOS. The van der Waals surface area contributed by atoms with Crippen molar-refractivity contribution >= 4 is 27.3 Å². The third-order valence-corrected chi connectivity index (χ3v) is 4.26. The Morgan fingerprint density at radius 1 is 1.44 bits per heavy atom. The molecule has 0 radical (unpaired) electrons. The van der Waals surface area contributed by atoms with E-state index in [0.29, 0.717) is 6.04 Å². The molecule has 16 heavy (non-hydrogen) atoms. The quantitative estimate of drug-likeness (QED) is 0.738. The van der Waals surface area contributed by atoms with Crippen molar-refractivity contribution in [2.45, 2.75) is 19.4 Å². The van der Waals surface area contributed by atoms with Gasteiger partial charge in [-0.2, -0.15) is 0 Å². The molecule has 3 heteroatoms. The normalized spacial score (nSPS) is 19.8. The average molecular weight is 231 g/mol. The zero-order valence-electron chi connectivity index (χ0n) is 9.14. The molecule has 1 saturated heterocycles. The van der Waals surface area contributed by atoms with Crippen LogP contribution in [-0.2, 0) is 0 Å². The summed E-state index contributed by atoms with van der Waals surface area (Å²) in [6, 6.07) is 8.51. The molecule has 1 atom stereocenters. The van der Waals surface area contributed by atoms with Crippen LogP contribution in [0.2, 0.25) is 0 Å². The minimum atomic E-state index is 0.191. The summed E-state index contributed by atoms with van der Waals surface area (Å²) >= 11 is 1.65. The SMILES string of the molecule is C[C@@H]1CCN1C(=O)c1csc2ccccc12. The fraction of sp³-hybridized carbons (Fsp3) is 0.308. The highest BCUT2D eigenvalue weighted by molar-refractivity contribution is 7.17. The number of likely N-dealkylation sites (tertiary alicyclic amines) is 1. The third-order valence-electron chi connectivity index (χ3n) is 3.29. The van der Waals surface area contributed by atoms with Crippen LogP contribution in [0.25, 0.3) is 10.1 Å². The lowest BCUT2D eigenvalue weighted by Crippen LogP contribution is -2.49. The molecule has 1 aliphatic heterocycles. The van der Waals surface area contributed by atoms with Crippen molar-refractivity contribution in [2.24, 2.45) is 0 Å². The maximum atomic E-state index is 12.2. The molecule has 1 fully saturated rings.